The minimum Gasteiger partial charge on any atom is -0.466 e. The van der Waals surface area contributed by atoms with Crippen molar-refractivity contribution in [1.82, 2.24) is 4.98 Å². The maximum atomic E-state index is 12.1. The van der Waals surface area contributed by atoms with E-state index < -0.39 is 0 Å². The number of nitrogens with one attached hydrogen (secondary N) is 1. The quantitative estimate of drug-likeness (QED) is 0.787. The molecule has 23 heavy (non-hydrogen) atoms. The van der Waals surface area contributed by atoms with E-state index in [1.165, 1.54) is 11.3 Å². The molecule has 0 saturated carbocycles. The Balaban J connectivity index is 1.86. The molecule has 0 saturated heterocycles. The Morgan fingerprint density at radius 3 is 2.74 bits per heavy atom. The van der Waals surface area contributed by atoms with Crippen LogP contribution in [0.2, 0.25) is 0 Å². The fraction of sp³-hybridized carbons (Fsp3) is 0.312. The lowest BCUT2D eigenvalue weighted by Gasteiger charge is -2.17. The summed E-state index contributed by atoms with van der Waals surface area (Å²) in [6, 6.07) is 9.65. The molecule has 6 nitrogen and oxygen atoms in total. The van der Waals surface area contributed by atoms with Crippen LogP contribution >= 0.6 is 11.3 Å². The van der Waals surface area contributed by atoms with E-state index in [1.807, 2.05) is 42.3 Å². The van der Waals surface area contributed by atoms with Gasteiger partial charge in [0.15, 0.2) is 5.13 Å². The Hall–Kier alpha value is -2.41. The summed E-state index contributed by atoms with van der Waals surface area (Å²) in [5.74, 6) is -0.479. The van der Waals surface area contributed by atoms with E-state index in [2.05, 4.69) is 10.3 Å². The molecule has 0 fully saturated rings. The summed E-state index contributed by atoms with van der Waals surface area (Å²) in [6.07, 6.45) is 0.115. The largest absolute Gasteiger partial charge is 0.466 e. The fourth-order valence-corrected chi connectivity index (χ4v) is 2.68. The van der Waals surface area contributed by atoms with Gasteiger partial charge >= 0.3 is 5.97 Å². The minimum absolute atomic E-state index is 0.115. The van der Waals surface area contributed by atoms with Crippen LogP contribution in [0.1, 0.15) is 12.6 Å². The molecule has 2 aromatic rings. The Morgan fingerprint density at radius 1 is 1.30 bits per heavy atom. The van der Waals surface area contributed by atoms with E-state index in [4.69, 9.17) is 4.74 Å². The number of thiazole rings is 1. The zero-order valence-electron chi connectivity index (χ0n) is 13.1. The van der Waals surface area contributed by atoms with Crippen LogP contribution < -0.4 is 10.2 Å². The first-order valence-electron chi connectivity index (χ1n) is 7.24. The lowest BCUT2D eigenvalue weighted by molar-refractivity contribution is -0.142. The van der Waals surface area contributed by atoms with Crippen molar-refractivity contribution in [2.24, 2.45) is 0 Å². The highest BCUT2D eigenvalue weighted by Crippen LogP contribution is 2.17. The molecule has 0 unspecified atom stereocenters. The van der Waals surface area contributed by atoms with Crippen molar-refractivity contribution < 1.29 is 14.3 Å². The topological polar surface area (TPSA) is 71.5 Å². The summed E-state index contributed by atoms with van der Waals surface area (Å²) in [6.45, 7) is 2.32. The minimum atomic E-state index is -0.320. The SMILES string of the molecule is CCOC(=O)Cc1csc(NC(=O)CN(C)c2ccccc2)n1. The third kappa shape index (κ3) is 5.37. The number of para-hydroxylation sites is 1. The summed E-state index contributed by atoms with van der Waals surface area (Å²) < 4.78 is 4.87. The maximum Gasteiger partial charge on any atom is 0.311 e. The van der Waals surface area contributed by atoms with Crippen LogP contribution in [0.4, 0.5) is 10.8 Å². The van der Waals surface area contributed by atoms with Gasteiger partial charge in [-0.1, -0.05) is 18.2 Å². The Labute approximate surface area is 139 Å². The van der Waals surface area contributed by atoms with Crippen molar-refractivity contribution in [2.75, 3.05) is 30.4 Å². The van der Waals surface area contributed by atoms with Gasteiger partial charge in [0.05, 0.1) is 25.3 Å². The summed E-state index contributed by atoms with van der Waals surface area (Å²) in [5, 5.41) is 4.97. The van der Waals surface area contributed by atoms with Gasteiger partial charge in [-0.05, 0) is 19.1 Å². The number of benzene rings is 1. The number of anilines is 2. The van der Waals surface area contributed by atoms with Crippen molar-refractivity contribution >= 4 is 34.0 Å². The third-order valence-corrected chi connectivity index (χ3v) is 3.81. The van der Waals surface area contributed by atoms with Gasteiger partial charge in [0.1, 0.15) is 0 Å². The Kier molecular flexibility index (Phi) is 6.10. The normalized spacial score (nSPS) is 10.2. The van der Waals surface area contributed by atoms with E-state index in [0.717, 1.165) is 5.69 Å². The monoisotopic (exact) mass is 333 g/mol. The van der Waals surface area contributed by atoms with Crippen molar-refractivity contribution in [3.05, 3.63) is 41.4 Å². The molecular formula is C16H19N3O3S. The number of hydrogen-bond acceptors (Lipinski definition) is 6. The fourth-order valence-electron chi connectivity index (χ4n) is 1.95. The summed E-state index contributed by atoms with van der Waals surface area (Å²) in [4.78, 5) is 29.5. The average molecular weight is 333 g/mol. The van der Waals surface area contributed by atoms with Crippen molar-refractivity contribution in [3.63, 3.8) is 0 Å². The van der Waals surface area contributed by atoms with Gasteiger partial charge in [-0.3, -0.25) is 9.59 Å². The van der Waals surface area contributed by atoms with Crippen LogP contribution in [0.15, 0.2) is 35.7 Å². The Morgan fingerprint density at radius 2 is 2.04 bits per heavy atom. The van der Waals surface area contributed by atoms with Crippen molar-refractivity contribution in [2.45, 2.75) is 13.3 Å². The van der Waals surface area contributed by atoms with Gasteiger partial charge in [0.2, 0.25) is 5.91 Å². The summed E-state index contributed by atoms with van der Waals surface area (Å²) in [5.41, 5.74) is 1.56. The standard InChI is InChI=1S/C16H19N3O3S/c1-3-22-15(21)9-12-11-23-16(17-12)18-14(20)10-19(2)13-7-5-4-6-8-13/h4-8,11H,3,9-10H2,1-2H3,(H,17,18,20). The average Bonchev–Trinajstić information content (AvgIpc) is 2.95. The smallest absolute Gasteiger partial charge is 0.311 e. The number of esters is 1. The molecule has 1 N–H and O–H groups in total. The number of likely N-dealkylation sites (N-methyl/N-ethyl adjacent to an activating group) is 1. The van der Waals surface area contributed by atoms with Crippen LogP contribution in [0.5, 0.6) is 0 Å². The van der Waals surface area contributed by atoms with E-state index in [9.17, 15) is 9.59 Å². The molecule has 1 heterocycles. The summed E-state index contributed by atoms with van der Waals surface area (Å²) >= 11 is 1.29. The zero-order chi connectivity index (χ0) is 16.7. The number of nitrogens with zero attached hydrogens (tertiary/aromatic N) is 2. The van der Waals surface area contributed by atoms with Gasteiger partial charge in [-0.2, -0.15) is 0 Å². The molecule has 0 aliphatic carbocycles. The van der Waals surface area contributed by atoms with Gasteiger partial charge in [0.25, 0.3) is 0 Å². The number of carbonyl (C=O) groups is 2. The second-order valence-electron chi connectivity index (χ2n) is 4.87. The number of hydrogen-bond donors (Lipinski definition) is 1. The molecule has 0 atom stereocenters. The molecule has 0 aliphatic heterocycles. The first kappa shape index (κ1) is 17.0. The predicted octanol–water partition coefficient (Wildman–Crippen LogP) is 2.32. The highest BCUT2D eigenvalue weighted by atomic mass is 32.1. The van der Waals surface area contributed by atoms with Crippen LogP contribution in [0.25, 0.3) is 0 Å². The van der Waals surface area contributed by atoms with E-state index in [0.29, 0.717) is 17.4 Å². The molecule has 0 bridgehead atoms. The van der Waals surface area contributed by atoms with Crippen LogP contribution in [0.3, 0.4) is 0 Å². The van der Waals surface area contributed by atoms with Crippen LogP contribution in [0, 0.1) is 0 Å². The highest BCUT2D eigenvalue weighted by molar-refractivity contribution is 7.13. The number of amides is 1. The van der Waals surface area contributed by atoms with Crippen molar-refractivity contribution in [3.8, 4) is 0 Å². The second-order valence-corrected chi connectivity index (χ2v) is 5.72. The zero-order valence-corrected chi connectivity index (χ0v) is 13.9. The van der Waals surface area contributed by atoms with Crippen molar-refractivity contribution in [1.29, 1.82) is 0 Å². The predicted molar refractivity (Wildman–Crippen MR) is 90.8 cm³/mol. The number of ether oxygens (including phenoxy) is 1. The number of rotatable bonds is 7. The lowest BCUT2D eigenvalue weighted by Crippen LogP contribution is -2.29. The van der Waals surface area contributed by atoms with Gasteiger partial charge in [-0.25, -0.2) is 4.98 Å². The van der Waals surface area contributed by atoms with Crippen LogP contribution in [-0.2, 0) is 20.7 Å². The molecule has 122 valence electrons. The lowest BCUT2D eigenvalue weighted by atomic mass is 10.3. The Bertz CT molecular complexity index is 658. The van der Waals surface area contributed by atoms with Gasteiger partial charge in [0, 0.05) is 18.1 Å². The first-order chi connectivity index (χ1) is 11.1. The van der Waals surface area contributed by atoms with E-state index in [1.54, 1.807) is 12.3 Å². The first-order valence-corrected chi connectivity index (χ1v) is 8.12. The highest BCUT2D eigenvalue weighted by Gasteiger charge is 2.12. The third-order valence-electron chi connectivity index (χ3n) is 3.01. The van der Waals surface area contributed by atoms with Gasteiger partial charge < -0.3 is 15.0 Å². The molecule has 0 aliphatic rings. The molecule has 2 rings (SSSR count). The molecular weight excluding hydrogens is 314 g/mol. The number of aromatic nitrogens is 1. The van der Waals surface area contributed by atoms with Crippen LogP contribution in [-0.4, -0.2) is 37.1 Å². The van der Waals surface area contributed by atoms with Gasteiger partial charge in [-0.15, -0.1) is 11.3 Å². The summed E-state index contributed by atoms with van der Waals surface area (Å²) in [7, 11) is 1.85. The molecule has 1 aromatic heterocycles. The maximum absolute atomic E-state index is 12.1. The van der Waals surface area contributed by atoms with E-state index in [-0.39, 0.29) is 24.8 Å². The second kappa shape index (κ2) is 8.28. The number of carbonyl (C=O) groups excluding carboxylic acids is 2. The van der Waals surface area contributed by atoms with E-state index >= 15 is 0 Å². The molecule has 7 heteroatoms. The molecule has 0 spiro atoms. The molecule has 1 amide bonds. The molecule has 1 aromatic carbocycles. The molecule has 0 radical (unpaired) electrons.